The molecule has 2 atom stereocenters. The number of benzene rings is 1. The lowest BCUT2D eigenvalue weighted by atomic mass is 9.98. The Bertz CT molecular complexity index is 935. The number of carbonyl (C=O) groups is 2. The van der Waals surface area contributed by atoms with Crippen molar-refractivity contribution in [1.82, 2.24) is 14.9 Å². The summed E-state index contributed by atoms with van der Waals surface area (Å²) < 4.78 is 0. The zero-order chi connectivity index (χ0) is 19.0. The van der Waals surface area contributed by atoms with Gasteiger partial charge < -0.3 is 14.7 Å². The number of Topliss-reactive ketones (excluding diaryl/α,β-unsaturated/α-hetero) is 1. The first-order valence-electron chi connectivity index (χ1n) is 9.51. The number of nitrogens with zero attached hydrogens (tertiary/aromatic N) is 2. The molecule has 2 aromatic rings. The molecule has 2 aliphatic heterocycles. The quantitative estimate of drug-likeness (QED) is 0.901. The standard InChI is InChI=1S/C21H23N3O3/c1-13(25)7-10-19(26)24-15-8-9-16(24)12-18-17(11-15)21(27)23-20(22-18)14-5-3-2-4-6-14/h2-6,15-16H,7-12H2,1H3,(H,22,23,27)/t15-,16+/m1/s1. The summed E-state index contributed by atoms with van der Waals surface area (Å²) in [5, 5.41) is 0. The highest BCUT2D eigenvalue weighted by molar-refractivity contribution is 5.84. The Morgan fingerprint density at radius 3 is 2.52 bits per heavy atom. The molecule has 1 fully saturated rings. The van der Waals surface area contributed by atoms with Crippen molar-refractivity contribution in [3.8, 4) is 11.4 Å². The fourth-order valence-electron chi connectivity index (χ4n) is 4.30. The Morgan fingerprint density at radius 2 is 1.81 bits per heavy atom. The van der Waals surface area contributed by atoms with E-state index in [2.05, 4.69) is 4.98 Å². The van der Waals surface area contributed by atoms with Crippen LogP contribution in [0.4, 0.5) is 0 Å². The highest BCUT2D eigenvalue weighted by Crippen LogP contribution is 2.33. The molecule has 1 saturated heterocycles. The Hall–Kier alpha value is -2.76. The number of H-pyrrole nitrogens is 1. The van der Waals surface area contributed by atoms with Crippen LogP contribution in [0.3, 0.4) is 0 Å². The van der Waals surface area contributed by atoms with E-state index in [9.17, 15) is 14.4 Å². The molecule has 6 heteroatoms. The number of fused-ring (bicyclic) bond motifs is 3. The predicted octanol–water partition coefficient (Wildman–Crippen LogP) is 2.26. The van der Waals surface area contributed by atoms with Crippen molar-refractivity contribution in [2.75, 3.05) is 0 Å². The van der Waals surface area contributed by atoms with Crippen LogP contribution in [-0.4, -0.2) is 38.6 Å². The van der Waals surface area contributed by atoms with Gasteiger partial charge in [-0.2, -0.15) is 0 Å². The number of carbonyl (C=O) groups excluding carboxylic acids is 2. The van der Waals surface area contributed by atoms with Gasteiger partial charge in [-0.1, -0.05) is 30.3 Å². The highest BCUT2D eigenvalue weighted by Gasteiger charge is 2.40. The predicted molar refractivity (Wildman–Crippen MR) is 101 cm³/mol. The minimum absolute atomic E-state index is 0.0187. The molecule has 2 bridgehead atoms. The van der Waals surface area contributed by atoms with Crippen LogP contribution in [0.15, 0.2) is 35.1 Å². The molecule has 0 spiro atoms. The van der Waals surface area contributed by atoms with E-state index in [-0.39, 0.29) is 42.2 Å². The summed E-state index contributed by atoms with van der Waals surface area (Å²) in [5.74, 6) is 0.621. The Morgan fingerprint density at radius 1 is 1.11 bits per heavy atom. The molecule has 2 aliphatic rings. The average molecular weight is 365 g/mol. The number of hydrogen-bond donors (Lipinski definition) is 1. The lowest BCUT2D eigenvalue weighted by Gasteiger charge is -2.28. The molecule has 1 aromatic carbocycles. The van der Waals surface area contributed by atoms with Crippen LogP contribution in [0.1, 0.15) is 43.9 Å². The first-order valence-corrected chi connectivity index (χ1v) is 9.51. The molecule has 1 N–H and O–H groups in total. The Balaban J connectivity index is 1.65. The van der Waals surface area contributed by atoms with Gasteiger partial charge in [-0.15, -0.1) is 0 Å². The normalized spacial score (nSPS) is 20.9. The number of aromatic nitrogens is 2. The number of rotatable bonds is 4. The first kappa shape index (κ1) is 17.6. The molecule has 27 heavy (non-hydrogen) atoms. The second-order valence-electron chi connectivity index (χ2n) is 7.50. The van der Waals surface area contributed by atoms with E-state index >= 15 is 0 Å². The smallest absolute Gasteiger partial charge is 0.254 e. The van der Waals surface area contributed by atoms with E-state index in [0.717, 1.165) is 24.1 Å². The summed E-state index contributed by atoms with van der Waals surface area (Å²) in [6.45, 7) is 1.51. The van der Waals surface area contributed by atoms with Gasteiger partial charge in [-0.3, -0.25) is 9.59 Å². The van der Waals surface area contributed by atoms with Gasteiger partial charge in [0.15, 0.2) is 0 Å². The molecular weight excluding hydrogens is 342 g/mol. The summed E-state index contributed by atoms with van der Waals surface area (Å²) in [5.41, 5.74) is 2.27. The molecular formula is C21H23N3O3. The average Bonchev–Trinajstić information content (AvgIpc) is 2.95. The third-order valence-corrected chi connectivity index (χ3v) is 5.62. The molecule has 6 nitrogen and oxygen atoms in total. The number of ketones is 1. The second kappa shape index (κ2) is 7.10. The zero-order valence-electron chi connectivity index (χ0n) is 15.4. The summed E-state index contributed by atoms with van der Waals surface area (Å²) in [6.07, 6.45) is 3.48. The third-order valence-electron chi connectivity index (χ3n) is 5.62. The van der Waals surface area contributed by atoms with E-state index in [1.807, 2.05) is 35.2 Å². The second-order valence-corrected chi connectivity index (χ2v) is 7.50. The van der Waals surface area contributed by atoms with Gasteiger partial charge in [0.1, 0.15) is 11.6 Å². The first-order chi connectivity index (χ1) is 13.0. The minimum atomic E-state index is -0.109. The van der Waals surface area contributed by atoms with Gasteiger partial charge in [-0.05, 0) is 19.8 Å². The molecule has 0 radical (unpaired) electrons. The van der Waals surface area contributed by atoms with Crippen molar-refractivity contribution >= 4 is 11.7 Å². The van der Waals surface area contributed by atoms with Crippen molar-refractivity contribution in [2.24, 2.45) is 0 Å². The summed E-state index contributed by atoms with van der Waals surface area (Å²) in [7, 11) is 0. The maximum Gasteiger partial charge on any atom is 0.254 e. The van der Waals surface area contributed by atoms with Gasteiger partial charge >= 0.3 is 0 Å². The molecule has 1 amide bonds. The molecule has 1 aromatic heterocycles. The maximum atomic E-state index is 12.7. The number of hydrogen-bond acceptors (Lipinski definition) is 4. The van der Waals surface area contributed by atoms with Crippen LogP contribution < -0.4 is 5.56 Å². The topological polar surface area (TPSA) is 83.1 Å². The van der Waals surface area contributed by atoms with Gasteiger partial charge in [0.2, 0.25) is 5.91 Å². The zero-order valence-corrected chi connectivity index (χ0v) is 15.4. The SMILES string of the molecule is CC(=O)CCC(=O)N1[C@@H]2CC[C@H]1Cc1nc(-c3ccccc3)[nH]c(=O)c1C2. The maximum absolute atomic E-state index is 12.7. The van der Waals surface area contributed by atoms with E-state index in [0.29, 0.717) is 24.2 Å². The Kier molecular flexibility index (Phi) is 4.64. The van der Waals surface area contributed by atoms with Crippen LogP contribution in [0.5, 0.6) is 0 Å². The van der Waals surface area contributed by atoms with Crippen molar-refractivity contribution in [3.63, 3.8) is 0 Å². The summed E-state index contributed by atoms with van der Waals surface area (Å²) in [6, 6.07) is 9.69. The van der Waals surface area contributed by atoms with Crippen LogP contribution in [0.25, 0.3) is 11.4 Å². The molecule has 4 rings (SSSR count). The van der Waals surface area contributed by atoms with E-state index in [1.54, 1.807) is 0 Å². The van der Waals surface area contributed by atoms with Gasteiger partial charge in [0.25, 0.3) is 5.56 Å². The van der Waals surface area contributed by atoms with Crippen LogP contribution in [-0.2, 0) is 22.4 Å². The lowest BCUT2D eigenvalue weighted by molar-refractivity contribution is -0.135. The molecule has 140 valence electrons. The van der Waals surface area contributed by atoms with Gasteiger partial charge in [0.05, 0.1) is 5.69 Å². The van der Waals surface area contributed by atoms with Gasteiger partial charge in [0, 0.05) is 48.9 Å². The molecule has 0 unspecified atom stereocenters. The molecule has 0 saturated carbocycles. The fourth-order valence-corrected chi connectivity index (χ4v) is 4.30. The van der Waals surface area contributed by atoms with Crippen LogP contribution in [0.2, 0.25) is 0 Å². The highest BCUT2D eigenvalue weighted by atomic mass is 16.2. The van der Waals surface area contributed by atoms with Crippen molar-refractivity contribution < 1.29 is 9.59 Å². The van der Waals surface area contributed by atoms with E-state index < -0.39 is 0 Å². The monoisotopic (exact) mass is 365 g/mol. The third kappa shape index (κ3) is 3.44. The van der Waals surface area contributed by atoms with Gasteiger partial charge in [-0.25, -0.2) is 4.98 Å². The number of aromatic amines is 1. The fraction of sp³-hybridized carbons (Fsp3) is 0.429. The summed E-state index contributed by atoms with van der Waals surface area (Å²) in [4.78, 5) is 46.3. The van der Waals surface area contributed by atoms with Crippen LogP contribution in [0, 0.1) is 0 Å². The Labute approximate surface area is 157 Å². The summed E-state index contributed by atoms with van der Waals surface area (Å²) >= 11 is 0. The minimum Gasteiger partial charge on any atom is -0.336 e. The number of nitrogens with one attached hydrogen (secondary N) is 1. The van der Waals surface area contributed by atoms with E-state index in [1.165, 1.54) is 6.92 Å². The number of amides is 1. The van der Waals surface area contributed by atoms with Crippen molar-refractivity contribution in [3.05, 3.63) is 51.9 Å². The van der Waals surface area contributed by atoms with Crippen molar-refractivity contribution in [2.45, 2.75) is 57.5 Å². The lowest BCUT2D eigenvalue weighted by Crippen LogP contribution is -2.41. The molecule has 3 heterocycles. The van der Waals surface area contributed by atoms with Crippen LogP contribution >= 0.6 is 0 Å². The van der Waals surface area contributed by atoms with E-state index in [4.69, 9.17) is 4.98 Å². The van der Waals surface area contributed by atoms with Crippen molar-refractivity contribution in [1.29, 1.82) is 0 Å². The molecule has 0 aliphatic carbocycles. The largest absolute Gasteiger partial charge is 0.336 e.